The first kappa shape index (κ1) is 14.1. The van der Waals surface area contributed by atoms with E-state index in [1.807, 2.05) is 30.3 Å². The van der Waals surface area contributed by atoms with Crippen LogP contribution in [0.4, 0.5) is 5.69 Å². The molecule has 1 heterocycles. The van der Waals surface area contributed by atoms with Crippen LogP contribution in [0, 0.1) is 0 Å². The Morgan fingerprint density at radius 2 is 2.00 bits per heavy atom. The van der Waals surface area contributed by atoms with E-state index < -0.39 is 6.10 Å². The Labute approximate surface area is 137 Å². The molecule has 0 aromatic heterocycles. The molecular formula is C14H9Br2NO2S. The van der Waals surface area contributed by atoms with Crippen LogP contribution in [0.1, 0.15) is 11.7 Å². The fourth-order valence-electron chi connectivity index (χ4n) is 1.98. The van der Waals surface area contributed by atoms with E-state index in [9.17, 15) is 9.90 Å². The fourth-order valence-corrected chi connectivity index (χ4v) is 4.06. The van der Waals surface area contributed by atoms with Crippen LogP contribution >= 0.6 is 43.6 Å². The molecule has 0 saturated carbocycles. The predicted molar refractivity (Wildman–Crippen MR) is 86.0 cm³/mol. The molecule has 1 amide bonds. The molecule has 0 bridgehead atoms. The van der Waals surface area contributed by atoms with E-state index >= 15 is 0 Å². The number of carbonyl (C=O) groups excluding carboxylic acids is 1. The SMILES string of the molecule is O=C1Nc2cc(Sc3cccc(Br)c3)c(Br)cc2C1O. The third kappa shape index (κ3) is 2.65. The molecule has 2 aromatic carbocycles. The summed E-state index contributed by atoms with van der Waals surface area (Å²) in [5, 5.41) is 12.4. The highest BCUT2D eigenvalue weighted by Gasteiger charge is 2.29. The zero-order valence-electron chi connectivity index (χ0n) is 10.1. The number of nitrogens with one attached hydrogen (secondary N) is 1. The van der Waals surface area contributed by atoms with Crippen molar-refractivity contribution in [3.63, 3.8) is 0 Å². The van der Waals surface area contributed by atoms with Gasteiger partial charge in [0.25, 0.3) is 5.91 Å². The summed E-state index contributed by atoms with van der Waals surface area (Å²) in [7, 11) is 0. The maximum absolute atomic E-state index is 11.5. The van der Waals surface area contributed by atoms with Crippen molar-refractivity contribution in [2.75, 3.05) is 5.32 Å². The molecule has 102 valence electrons. The van der Waals surface area contributed by atoms with Crippen molar-refractivity contribution in [2.24, 2.45) is 0 Å². The molecular weight excluding hydrogens is 406 g/mol. The minimum absolute atomic E-state index is 0.378. The van der Waals surface area contributed by atoms with Crippen molar-refractivity contribution in [3.8, 4) is 0 Å². The third-order valence-electron chi connectivity index (χ3n) is 2.93. The molecule has 0 radical (unpaired) electrons. The number of aliphatic hydroxyl groups is 1. The standard InChI is InChI=1S/C14H9Br2NO2S/c15-7-2-1-3-8(4-7)20-12-6-11-9(5-10(12)16)13(18)14(19)17-11/h1-6,13,18H,(H,17,19). The second-order valence-electron chi connectivity index (χ2n) is 4.32. The van der Waals surface area contributed by atoms with Crippen molar-refractivity contribution in [3.05, 3.63) is 50.9 Å². The van der Waals surface area contributed by atoms with Crippen molar-refractivity contribution in [1.82, 2.24) is 0 Å². The van der Waals surface area contributed by atoms with E-state index in [1.54, 1.807) is 17.8 Å². The van der Waals surface area contributed by atoms with Gasteiger partial charge >= 0.3 is 0 Å². The van der Waals surface area contributed by atoms with Crippen LogP contribution in [0.3, 0.4) is 0 Å². The largest absolute Gasteiger partial charge is 0.378 e. The average Bonchev–Trinajstić information content (AvgIpc) is 2.66. The highest BCUT2D eigenvalue weighted by atomic mass is 79.9. The molecule has 20 heavy (non-hydrogen) atoms. The summed E-state index contributed by atoms with van der Waals surface area (Å²) in [5.41, 5.74) is 1.28. The van der Waals surface area contributed by atoms with E-state index in [0.717, 1.165) is 18.7 Å². The topological polar surface area (TPSA) is 49.3 Å². The number of fused-ring (bicyclic) bond motifs is 1. The van der Waals surface area contributed by atoms with E-state index in [-0.39, 0.29) is 5.91 Å². The van der Waals surface area contributed by atoms with Gasteiger partial charge in [-0.05, 0) is 46.3 Å². The van der Waals surface area contributed by atoms with Gasteiger partial charge in [-0.2, -0.15) is 0 Å². The molecule has 1 unspecified atom stereocenters. The van der Waals surface area contributed by atoms with Gasteiger partial charge in [-0.25, -0.2) is 0 Å². The first-order valence-electron chi connectivity index (χ1n) is 5.80. The summed E-state index contributed by atoms with van der Waals surface area (Å²) >= 11 is 8.52. The normalized spacial score (nSPS) is 16.9. The van der Waals surface area contributed by atoms with Crippen molar-refractivity contribution < 1.29 is 9.90 Å². The number of benzene rings is 2. The maximum atomic E-state index is 11.5. The van der Waals surface area contributed by atoms with Gasteiger partial charge in [0.2, 0.25) is 0 Å². The molecule has 3 rings (SSSR count). The van der Waals surface area contributed by atoms with Gasteiger partial charge in [-0.3, -0.25) is 4.79 Å². The monoisotopic (exact) mass is 413 g/mol. The molecule has 1 aliphatic rings. The van der Waals surface area contributed by atoms with Gasteiger partial charge in [0.15, 0.2) is 6.10 Å². The van der Waals surface area contributed by atoms with Crippen LogP contribution in [0.5, 0.6) is 0 Å². The minimum Gasteiger partial charge on any atom is -0.378 e. The lowest BCUT2D eigenvalue weighted by molar-refractivity contribution is -0.123. The van der Waals surface area contributed by atoms with E-state index in [4.69, 9.17) is 0 Å². The Morgan fingerprint density at radius 3 is 2.75 bits per heavy atom. The zero-order chi connectivity index (χ0) is 14.3. The number of rotatable bonds is 2. The lowest BCUT2D eigenvalue weighted by Crippen LogP contribution is -2.10. The van der Waals surface area contributed by atoms with E-state index in [1.165, 1.54) is 0 Å². The Bertz CT molecular complexity index is 706. The first-order chi connectivity index (χ1) is 9.54. The van der Waals surface area contributed by atoms with Crippen molar-refractivity contribution in [2.45, 2.75) is 15.9 Å². The smallest absolute Gasteiger partial charge is 0.257 e. The van der Waals surface area contributed by atoms with Crippen molar-refractivity contribution >= 4 is 55.2 Å². The molecule has 2 N–H and O–H groups in total. The number of aliphatic hydroxyl groups excluding tert-OH is 1. The first-order valence-corrected chi connectivity index (χ1v) is 8.20. The second kappa shape index (κ2) is 5.52. The Morgan fingerprint density at radius 1 is 1.20 bits per heavy atom. The molecule has 0 spiro atoms. The van der Waals surface area contributed by atoms with Gasteiger partial charge in [0, 0.05) is 30.0 Å². The number of halogens is 2. The van der Waals surface area contributed by atoms with Gasteiger partial charge in [-0.1, -0.05) is 33.8 Å². The summed E-state index contributed by atoms with van der Waals surface area (Å²) < 4.78 is 1.88. The zero-order valence-corrected chi connectivity index (χ0v) is 14.0. The fraction of sp³-hybridized carbons (Fsp3) is 0.0714. The van der Waals surface area contributed by atoms with Gasteiger partial charge in [-0.15, -0.1) is 0 Å². The lowest BCUT2D eigenvalue weighted by Gasteiger charge is -2.08. The Balaban J connectivity index is 1.96. The molecule has 0 aliphatic carbocycles. The Hall–Kier alpha value is -0.820. The highest BCUT2D eigenvalue weighted by molar-refractivity contribution is 9.10. The number of hydrogen-bond acceptors (Lipinski definition) is 3. The molecule has 1 aliphatic heterocycles. The van der Waals surface area contributed by atoms with Crippen LogP contribution in [-0.2, 0) is 4.79 Å². The van der Waals surface area contributed by atoms with Crippen LogP contribution in [-0.4, -0.2) is 11.0 Å². The second-order valence-corrected chi connectivity index (χ2v) is 7.21. The number of carbonyl (C=O) groups is 1. The van der Waals surface area contributed by atoms with Crippen LogP contribution in [0.25, 0.3) is 0 Å². The molecule has 6 heteroatoms. The van der Waals surface area contributed by atoms with Crippen LogP contribution in [0.2, 0.25) is 0 Å². The van der Waals surface area contributed by atoms with E-state index in [2.05, 4.69) is 37.2 Å². The minimum atomic E-state index is -1.08. The van der Waals surface area contributed by atoms with Crippen LogP contribution in [0.15, 0.2) is 55.1 Å². The third-order valence-corrected chi connectivity index (χ3v) is 5.39. The molecule has 1 atom stereocenters. The molecule has 2 aromatic rings. The van der Waals surface area contributed by atoms with Crippen LogP contribution < -0.4 is 5.32 Å². The number of hydrogen-bond donors (Lipinski definition) is 2. The average molecular weight is 415 g/mol. The van der Waals surface area contributed by atoms with Gasteiger partial charge in [0.05, 0.1) is 0 Å². The maximum Gasteiger partial charge on any atom is 0.257 e. The molecule has 3 nitrogen and oxygen atoms in total. The van der Waals surface area contributed by atoms with Crippen molar-refractivity contribution in [1.29, 1.82) is 0 Å². The number of amides is 1. The quantitative estimate of drug-likeness (QED) is 0.767. The molecule has 0 saturated heterocycles. The lowest BCUT2D eigenvalue weighted by atomic mass is 10.1. The summed E-state index contributed by atoms with van der Waals surface area (Å²) in [6, 6.07) is 11.6. The Kier molecular flexibility index (Phi) is 3.90. The summed E-state index contributed by atoms with van der Waals surface area (Å²) in [6.45, 7) is 0. The summed E-state index contributed by atoms with van der Waals surface area (Å²) in [4.78, 5) is 13.5. The highest BCUT2D eigenvalue weighted by Crippen LogP contribution is 2.41. The predicted octanol–water partition coefficient (Wildman–Crippen LogP) is 4.35. The molecule has 0 fully saturated rings. The van der Waals surface area contributed by atoms with Gasteiger partial charge < -0.3 is 10.4 Å². The van der Waals surface area contributed by atoms with Gasteiger partial charge in [0.1, 0.15) is 0 Å². The van der Waals surface area contributed by atoms with E-state index in [0.29, 0.717) is 11.3 Å². The summed E-state index contributed by atoms with van der Waals surface area (Å²) in [5.74, 6) is -0.378. The summed E-state index contributed by atoms with van der Waals surface area (Å²) in [6.07, 6.45) is -1.08. The number of anilines is 1.